The minimum Gasteiger partial charge on any atom is -0.388 e. The summed E-state index contributed by atoms with van der Waals surface area (Å²) < 4.78 is 0. The quantitative estimate of drug-likeness (QED) is 0.761. The number of H-pyrrole nitrogens is 1. The van der Waals surface area contributed by atoms with Crippen LogP contribution in [0.15, 0.2) is 60.7 Å². The summed E-state index contributed by atoms with van der Waals surface area (Å²) >= 11 is 0. The maximum atomic E-state index is 9.14. The van der Waals surface area contributed by atoms with Crippen LogP contribution in [-0.4, -0.2) is 20.3 Å². The van der Waals surface area contributed by atoms with Gasteiger partial charge >= 0.3 is 0 Å². The monoisotopic (exact) mass is 265 g/mol. The Bertz CT molecular complexity index is 625. The van der Waals surface area contributed by atoms with E-state index in [9.17, 15) is 0 Å². The van der Waals surface area contributed by atoms with E-state index in [2.05, 4.69) is 39.4 Å². The number of hydrogen-bond donors (Lipinski definition) is 2. The van der Waals surface area contributed by atoms with Crippen LogP contribution in [0, 0.1) is 0 Å². The van der Waals surface area contributed by atoms with E-state index in [1.807, 2.05) is 36.4 Å². The van der Waals surface area contributed by atoms with Crippen LogP contribution in [0.2, 0.25) is 0 Å². The van der Waals surface area contributed by atoms with Gasteiger partial charge in [0.05, 0.1) is 5.92 Å². The van der Waals surface area contributed by atoms with Gasteiger partial charge in [0.25, 0.3) is 0 Å². The molecular formula is C16H15N3O. The molecule has 0 bridgehead atoms. The Hall–Kier alpha value is -2.46. The number of nitrogens with zero attached hydrogens (tertiary/aromatic N) is 2. The van der Waals surface area contributed by atoms with E-state index in [0.717, 1.165) is 11.1 Å². The predicted octanol–water partition coefficient (Wildman–Crippen LogP) is 2.48. The van der Waals surface area contributed by atoms with Crippen molar-refractivity contribution in [3.63, 3.8) is 0 Å². The molecule has 1 heterocycles. The molecule has 0 radical (unpaired) electrons. The van der Waals surface area contributed by atoms with Gasteiger partial charge in [-0.2, -0.15) is 5.10 Å². The number of rotatable bonds is 4. The van der Waals surface area contributed by atoms with Crippen LogP contribution in [-0.2, 0) is 6.61 Å². The first-order valence-electron chi connectivity index (χ1n) is 6.50. The molecular weight excluding hydrogens is 250 g/mol. The molecule has 3 rings (SSSR count). The lowest BCUT2D eigenvalue weighted by Gasteiger charge is -2.14. The predicted molar refractivity (Wildman–Crippen MR) is 76.1 cm³/mol. The second-order valence-electron chi connectivity index (χ2n) is 4.55. The van der Waals surface area contributed by atoms with Gasteiger partial charge in [-0.3, -0.25) is 5.10 Å². The molecule has 0 aliphatic rings. The van der Waals surface area contributed by atoms with Gasteiger partial charge in [0, 0.05) is 0 Å². The number of aromatic amines is 1. The summed E-state index contributed by atoms with van der Waals surface area (Å²) in [6.07, 6.45) is 0. The Balaban J connectivity index is 2.09. The van der Waals surface area contributed by atoms with E-state index in [-0.39, 0.29) is 12.5 Å². The van der Waals surface area contributed by atoms with Gasteiger partial charge in [-0.1, -0.05) is 60.7 Å². The average Bonchev–Trinajstić information content (AvgIpc) is 2.98. The second kappa shape index (κ2) is 5.67. The third-order valence-corrected chi connectivity index (χ3v) is 3.22. The summed E-state index contributed by atoms with van der Waals surface area (Å²) in [5, 5.41) is 16.1. The van der Waals surface area contributed by atoms with E-state index in [1.54, 1.807) is 0 Å². The molecule has 3 aromatic rings. The number of hydrogen-bond acceptors (Lipinski definition) is 3. The van der Waals surface area contributed by atoms with Gasteiger partial charge < -0.3 is 5.11 Å². The summed E-state index contributed by atoms with van der Waals surface area (Å²) in [5.74, 6) is 1.12. The fourth-order valence-electron chi connectivity index (χ4n) is 2.29. The van der Waals surface area contributed by atoms with Gasteiger partial charge in [-0.05, 0) is 11.1 Å². The molecule has 0 aliphatic heterocycles. The van der Waals surface area contributed by atoms with E-state index >= 15 is 0 Å². The van der Waals surface area contributed by atoms with E-state index in [4.69, 9.17) is 5.11 Å². The lowest BCUT2D eigenvalue weighted by Crippen LogP contribution is -2.05. The molecule has 100 valence electrons. The highest BCUT2D eigenvalue weighted by Gasteiger charge is 2.20. The summed E-state index contributed by atoms with van der Waals surface area (Å²) in [7, 11) is 0. The Kier molecular flexibility index (Phi) is 3.56. The molecule has 20 heavy (non-hydrogen) atoms. The van der Waals surface area contributed by atoms with Crippen LogP contribution in [0.25, 0.3) is 0 Å². The van der Waals surface area contributed by atoms with Crippen molar-refractivity contribution in [3.05, 3.63) is 83.4 Å². The van der Waals surface area contributed by atoms with E-state index < -0.39 is 0 Å². The fraction of sp³-hybridized carbons (Fsp3) is 0.125. The molecule has 0 spiro atoms. The Labute approximate surface area is 117 Å². The SMILES string of the molecule is OCc1nc(C(c2ccccc2)c2ccccc2)n[nH]1. The maximum absolute atomic E-state index is 9.14. The number of aromatic nitrogens is 3. The van der Waals surface area contributed by atoms with Crippen molar-refractivity contribution in [2.75, 3.05) is 0 Å². The molecule has 0 fully saturated rings. The average molecular weight is 265 g/mol. The maximum Gasteiger partial charge on any atom is 0.162 e. The van der Waals surface area contributed by atoms with Crippen molar-refractivity contribution < 1.29 is 5.11 Å². The van der Waals surface area contributed by atoms with Crippen LogP contribution < -0.4 is 0 Å². The van der Waals surface area contributed by atoms with Crippen LogP contribution >= 0.6 is 0 Å². The van der Waals surface area contributed by atoms with Gasteiger partial charge in [0.1, 0.15) is 12.4 Å². The van der Waals surface area contributed by atoms with Crippen LogP contribution in [0.1, 0.15) is 28.7 Å². The highest BCUT2D eigenvalue weighted by atomic mass is 16.3. The molecule has 1 aromatic heterocycles. The molecule has 0 unspecified atom stereocenters. The third-order valence-electron chi connectivity index (χ3n) is 3.22. The van der Waals surface area contributed by atoms with Crippen LogP contribution in [0.5, 0.6) is 0 Å². The topological polar surface area (TPSA) is 61.8 Å². The highest BCUT2D eigenvalue weighted by Crippen LogP contribution is 2.29. The minimum atomic E-state index is -0.136. The van der Waals surface area contributed by atoms with Crippen molar-refractivity contribution >= 4 is 0 Å². The molecule has 2 N–H and O–H groups in total. The van der Waals surface area contributed by atoms with Crippen LogP contribution in [0.4, 0.5) is 0 Å². The van der Waals surface area contributed by atoms with Crippen molar-refractivity contribution in [1.82, 2.24) is 15.2 Å². The lowest BCUT2D eigenvalue weighted by atomic mass is 9.91. The largest absolute Gasteiger partial charge is 0.388 e. The highest BCUT2D eigenvalue weighted by molar-refractivity contribution is 5.37. The Morgan fingerprint density at radius 2 is 1.45 bits per heavy atom. The number of benzene rings is 2. The van der Waals surface area contributed by atoms with Crippen molar-refractivity contribution in [2.45, 2.75) is 12.5 Å². The zero-order valence-electron chi connectivity index (χ0n) is 10.9. The first-order valence-corrected chi connectivity index (χ1v) is 6.50. The van der Waals surface area contributed by atoms with Gasteiger partial charge in [-0.25, -0.2) is 4.98 Å². The van der Waals surface area contributed by atoms with E-state index in [0.29, 0.717) is 11.6 Å². The first kappa shape index (κ1) is 12.6. The fourth-order valence-corrected chi connectivity index (χ4v) is 2.29. The van der Waals surface area contributed by atoms with E-state index in [1.165, 1.54) is 0 Å². The number of nitrogens with one attached hydrogen (secondary N) is 1. The Morgan fingerprint density at radius 1 is 0.900 bits per heavy atom. The molecule has 0 aliphatic carbocycles. The summed E-state index contributed by atoms with van der Waals surface area (Å²) in [6.45, 7) is -0.136. The summed E-state index contributed by atoms with van der Waals surface area (Å²) in [4.78, 5) is 4.37. The zero-order valence-corrected chi connectivity index (χ0v) is 10.9. The molecule has 4 nitrogen and oxygen atoms in total. The minimum absolute atomic E-state index is 0.0334. The second-order valence-corrected chi connectivity index (χ2v) is 4.55. The lowest BCUT2D eigenvalue weighted by molar-refractivity contribution is 0.271. The number of aliphatic hydroxyl groups is 1. The summed E-state index contributed by atoms with van der Waals surface area (Å²) in [5.41, 5.74) is 2.25. The van der Waals surface area contributed by atoms with Gasteiger partial charge in [-0.15, -0.1) is 0 Å². The molecule has 0 saturated carbocycles. The van der Waals surface area contributed by atoms with Crippen LogP contribution in [0.3, 0.4) is 0 Å². The third kappa shape index (κ3) is 2.46. The molecule has 0 amide bonds. The molecule has 2 aromatic carbocycles. The standard InChI is InChI=1S/C16H15N3O/c20-11-14-17-16(19-18-14)15(12-7-3-1-4-8-12)13-9-5-2-6-10-13/h1-10,15,20H,11H2,(H,17,18,19). The smallest absolute Gasteiger partial charge is 0.162 e. The first-order chi connectivity index (χ1) is 9.88. The van der Waals surface area contributed by atoms with Gasteiger partial charge in [0.2, 0.25) is 0 Å². The zero-order chi connectivity index (χ0) is 13.8. The Morgan fingerprint density at radius 3 is 1.90 bits per heavy atom. The van der Waals surface area contributed by atoms with Gasteiger partial charge in [0.15, 0.2) is 5.82 Å². The van der Waals surface area contributed by atoms with Crippen molar-refractivity contribution in [2.24, 2.45) is 0 Å². The number of aliphatic hydroxyl groups excluding tert-OH is 1. The normalized spacial score (nSPS) is 10.9. The van der Waals surface area contributed by atoms with Crippen molar-refractivity contribution in [3.8, 4) is 0 Å². The molecule has 0 atom stereocenters. The molecule has 4 heteroatoms. The summed E-state index contributed by atoms with van der Waals surface area (Å²) in [6, 6.07) is 20.2. The molecule has 0 saturated heterocycles. The van der Waals surface area contributed by atoms with Crippen molar-refractivity contribution in [1.29, 1.82) is 0 Å².